The number of nitrogens with zero attached hydrogens (tertiary/aromatic N) is 1. The zero-order chi connectivity index (χ0) is 13.8. The molecule has 1 aliphatic rings. The lowest BCUT2D eigenvalue weighted by atomic mass is 10.1. The van der Waals surface area contributed by atoms with Crippen molar-refractivity contribution in [2.45, 2.75) is 25.3 Å². The number of aliphatic carboxylic acids is 1. The number of rotatable bonds is 6. The molecule has 1 saturated carbocycles. The van der Waals surface area contributed by atoms with E-state index >= 15 is 0 Å². The molecule has 0 spiro atoms. The van der Waals surface area contributed by atoms with Gasteiger partial charge < -0.3 is 14.7 Å². The van der Waals surface area contributed by atoms with E-state index in [0.717, 1.165) is 18.4 Å². The summed E-state index contributed by atoms with van der Waals surface area (Å²) in [5.41, 5.74) is 0.834. The highest BCUT2D eigenvalue weighted by atomic mass is 16.5. The molecular formula is C14H17NO4. The van der Waals surface area contributed by atoms with E-state index in [1.165, 1.54) is 4.90 Å². The molecule has 0 aromatic heterocycles. The van der Waals surface area contributed by atoms with Gasteiger partial charge in [-0.2, -0.15) is 0 Å². The number of hydrogen-bond acceptors (Lipinski definition) is 3. The summed E-state index contributed by atoms with van der Waals surface area (Å²) in [5, 5.41) is 8.84. The number of carboxylic acid groups (broad SMARTS) is 1. The first kappa shape index (κ1) is 13.4. The molecule has 1 aliphatic carbocycles. The SMILES string of the molecule is COc1cccc(CC(=O)N(CC(=O)O)C2CC2)c1. The first-order valence-corrected chi connectivity index (χ1v) is 6.24. The maximum absolute atomic E-state index is 12.2. The highest BCUT2D eigenvalue weighted by molar-refractivity contribution is 5.83. The summed E-state index contributed by atoms with van der Waals surface area (Å²) in [6.45, 7) is -0.215. The number of carbonyl (C=O) groups excluding carboxylic acids is 1. The molecule has 0 atom stereocenters. The summed E-state index contributed by atoms with van der Waals surface area (Å²) < 4.78 is 5.10. The molecule has 0 unspecified atom stereocenters. The average molecular weight is 263 g/mol. The second-order valence-corrected chi connectivity index (χ2v) is 4.67. The van der Waals surface area contributed by atoms with Crippen molar-refractivity contribution < 1.29 is 19.4 Å². The van der Waals surface area contributed by atoms with Gasteiger partial charge in [0.1, 0.15) is 12.3 Å². The normalized spacial score (nSPS) is 13.9. The summed E-state index contributed by atoms with van der Waals surface area (Å²) >= 11 is 0. The molecular weight excluding hydrogens is 246 g/mol. The highest BCUT2D eigenvalue weighted by Gasteiger charge is 2.33. The van der Waals surface area contributed by atoms with Crippen molar-refractivity contribution in [2.24, 2.45) is 0 Å². The number of ether oxygens (including phenoxy) is 1. The van der Waals surface area contributed by atoms with Gasteiger partial charge in [0, 0.05) is 6.04 Å². The van der Waals surface area contributed by atoms with E-state index in [1.807, 2.05) is 18.2 Å². The highest BCUT2D eigenvalue weighted by Crippen LogP contribution is 2.27. The molecule has 0 bridgehead atoms. The molecule has 5 nitrogen and oxygen atoms in total. The maximum atomic E-state index is 12.2. The van der Waals surface area contributed by atoms with Crippen molar-refractivity contribution in [3.8, 4) is 5.75 Å². The van der Waals surface area contributed by atoms with Crippen LogP contribution in [0.25, 0.3) is 0 Å². The number of amides is 1. The van der Waals surface area contributed by atoms with Gasteiger partial charge in [0.2, 0.25) is 5.91 Å². The summed E-state index contributed by atoms with van der Waals surface area (Å²) in [6, 6.07) is 7.37. The fourth-order valence-corrected chi connectivity index (χ4v) is 2.01. The average Bonchev–Trinajstić information content (AvgIpc) is 3.20. The van der Waals surface area contributed by atoms with Gasteiger partial charge in [-0.05, 0) is 30.5 Å². The van der Waals surface area contributed by atoms with Crippen molar-refractivity contribution in [1.82, 2.24) is 4.90 Å². The number of hydrogen-bond donors (Lipinski definition) is 1. The largest absolute Gasteiger partial charge is 0.497 e. The van der Waals surface area contributed by atoms with Crippen molar-refractivity contribution in [1.29, 1.82) is 0 Å². The van der Waals surface area contributed by atoms with E-state index in [-0.39, 0.29) is 24.9 Å². The summed E-state index contributed by atoms with van der Waals surface area (Å²) in [5.74, 6) is -0.412. The van der Waals surface area contributed by atoms with Gasteiger partial charge in [-0.3, -0.25) is 9.59 Å². The second-order valence-electron chi connectivity index (χ2n) is 4.67. The Kier molecular flexibility index (Phi) is 4.04. The molecule has 1 N–H and O–H groups in total. The van der Waals surface area contributed by atoms with Crippen LogP contribution in [0, 0.1) is 0 Å². The summed E-state index contributed by atoms with van der Waals surface area (Å²) in [7, 11) is 1.57. The van der Waals surface area contributed by atoms with E-state index in [0.29, 0.717) is 5.75 Å². The first-order valence-electron chi connectivity index (χ1n) is 6.24. The minimum Gasteiger partial charge on any atom is -0.497 e. The Bertz CT molecular complexity index is 482. The van der Waals surface area contributed by atoms with Gasteiger partial charge >= 0.3 is 5.97 Å². The zero-order valence-corrected chi connectivity index (χ0v) is 10.8. The molecule has 1 aromatic rings. The Balaban J connectivity index is 2.03. The molecule has 1 amide bonds. The van der Waals surface area contributed by atoms with Crippen LogP contribution in [0.2, 0.25) is 0 Å². The lowest BCUT2D eigenvalue weighted by Gasteiger charge is -2.20. The molecule has 0 aliphatic heterocycles. The minimum absolute atomic E-state index is 0.106. The smallest absolute Gasteiger partial charge is 0.323 e. The molecule has 102 valence electrons. The van der Waals surface area contributed by atoms with Gasteiger partial charge in [0.05, 0.1) is 13.5 Å². The first-order chi connectivity index (χ1) is 9.10. The van der Waals surface area contributed by atoms with Gasteiger partial charge in [-0.25, -0.2) is 0 Å². The number of benzene rings is 1. The number of carboxylic acids is 1. The fraction of sp³-hybridized carbons (Fsp3) is 0.429. The third-order valence-corrected chi connectivity index (χ3v) is 3.10. The van der Waals surface area contributed by atoms with E-state index in [4.69, 9.17) is 9.84 Å². The van der Waals surface area contributed by atoms with Gasteiger partial charge in [0.25, 0.3) is 0 Å². The Morgan fingerprint density at radius 1 is 1.42 bits per heavy atom. The second kappa shape index (κ2) is 5.73. The van der Waals surface area contributed by atoms with Crippen LogP contribution >= 0.6 is 0 Å². The number of carbonyl (C=O) groups is 2. The Labute approximate surface area is 111 Å². The maximum Gasteiger partial charge on any atom is 0.323 e. The monoisotopic (exact) mass is 263 g/mol. The molecule has 0 saturated heterocycles. The number of methoxy groups -OCH3 is 1. The fourth-order valence-electron chi connectivity index (χ4n) is 2.01. The third kappa shape index (κ3) is 3.71. The Morgan fingerprint density at radius 2 is 2.16 bits per heavy atom. The van der Waals surface area contributed by atoms with E-state index in [2.05, 4.69) is 0 Å². The van der Waals surface area contributed by atoms with Crippen LogP contribution in [0.3, 0.4) is 0 Å². The van der Waals surface area contributed by atoms with Crippen molar-refractivity contribution in [3.63, 3.8) is 0 Å². The van der Waals surface area contributed by atoms with Gasteiger partial charge in [-0.15, -0.1) is 0 Å². The molecule has 19 heavy (non-hydrogen) atoms. The molecule has 2 rings (SSSR count). The molecule has 5 heteroatoms. The Hall–Kier alpha value is -2.04. The van der Waals surface area contributed by atoms with E-state index in [9.17, 15) is 9.59 Å². The van der Waals surface area contributed by atoms with Gasteiger partial charge in [0.15, 0.2) is 0 Å². The lowest BCUT2D eigenvalue weighted by Crippen LogP contribution is -2.38. The third-order valence-electron chi connectivity index (χ3n) is 3.10. The molecule has 1 aromatic carbocycles. The van der Waals surface area contributed by atoms with Gasteiger partial charge in [-0.1, -0.05) is 12.1 Å². The molecule has 1 fully saturated rings. The zero-order valence-electron chi connectivity index (χ0n) is 10.8. The van der Waals surface area contributed by atoms with E-state index < -0.39 is 5.97 Å². The molecule has 0 heterocycles. The van der Waals surface area contributed by atoms with Crippen LogP contribution in [0.1, 0.15) is 18.4 Å². The van der Waals surface area contributed by atoms with Crippen LogP contribution in [0.4, 0.5) is 0 Å². The van der Waals surface area contributed by atoms with Crippen LogP contribution in [-0.4, -0.2) is 41.6 Å². The van der Waals surface area contributed by atoms with Crippen molar-refractivity contribution in [3.05, 3.63) is 29.8 Å². The lowest BCUT2D eigenvalue weighted by molar-refractivity contribution is -0.144. The quantitative estimate of drug-likeness (QED) is 0.840. The molecule has 0 radical (unpaired) electrons. The van der Waals surface area contributed by atoms with Crippen LogP contribution in [0.5, 0.6) is 5.75 Å². The predicted octanol–water partition coefficient (Wildman–Crippen LogP) is 1.31. The van der Waals surface area contributed by atoms with Crippen LogP contribution in [0.15, 0.2) is 24.3 Å². The van der Waals surface area contributed by atoms with Crippen molar-refractivity contribution in [2.75, 3.05) is 13.7 Å². The Morgan fingerprint density at radius 3 is 2.74 bits per heavy atom. The standard InChI is InChI=1S/C14H17NO4/c1-19-12-4-2-3-10(7-12)8-13(16)15(9-14(17)18)11-5-6-11/h2-4,7,11H,5-6,8-9H2,1H3,(H,17,18). The summed E-state index contributed by atoms with van der Waals surface area (Å²) in [4.78, 5) is 24.4. The van der Waals surface area contributed by atoms with Crippen molar-refractivity contribution >= 4 is 11.9 Å². The van der Waals surface area contributed by atoms with Crippen LogP contribution in [-0.2, 0) is 16.0 Å². The minimum atomic E-state index is -0.967. The van der Waals surface area contributed by atoms with Crippen LogP contribution < -0.4 is 4.74 Å². The summed E-state index contributed by atoms with van der Waals surface area (Å²) in [6.07, 6.45) is 2.01. The van der Waals surface area contributed by atoms with E-state index in [1.54, 1.807) is 13.2 Å². The predicted molar refractivity (Wildman–Crippen MR) is 69.1 cm³/mol. The topological polar surface area (TPSA) is 66.8 Å².